The third-order valence-electron chi connectivity index (χ3n) is 3.04. The lowest BCUT2D eigenvalue weighted by atomic mass is 10.2. The van der Waals surface area contributed by atoms with Crippen molar-refractivity contribution in [3.8, 4) is 0 Å². The highest BCUT2D eigenvalue weighted by molar-refractivity contribution is 7.99. The zero-order chi connectivity index (χ0) is 14.8. The predicted molar refractivity (Wildman–Crippen MR) is 84.3 cm³/mol. The smallest absolute Gasteiger partial charge is 0.173 e. The third kappa shape index (κ3) is 3.00. The summed E-state index contributed by atoms with van der Waals surface area (Å²) in [5.74, 6) is 0. The van der Waals surface area contributed by atoms with Gasteiger partial charge in [-0.3, -0.25) is 5.41 Å². The van der Waals surface area contributed by atoms with E-state index in [-0.39, 0.29) is 5.49 Å². The number of thioether (sulfide) groups is 1. The van der Waals surface area contributed by atoms with E-state index in [0.29, 0.717) is 17.3 Å². The summed E-state index contributed by atoms with van der Waals surface area (Å²) in [5.41, 5.74) is 2.89. The Morgan fingerprint density at radius 1 is 1.29 bits per heavy atom. The van der Waals surface area contributed by atoms with Crippen LogP contribution in [0, 0.1) is 5.41 Å². The van der Waals surface area contributed by atoms with Crippen LogP contribution in [0.5, 0.6) is 0 Å². The average molecular weight is 299 g/mol. The number of hydrogen-bond donors (Lipinski definition) is 2. The summed E-state index contributed by atoms with van der Waals surface area (Å²) in [5, 5.41) is 9.21. The molecule has 0 saturated heterocycles. The molecule has 0 spiro atoms. The maximum absolute atomic E-state index is 7.93. The van der Waals surface area contributed by atoms with Crippen molar-refractivity contribution in [3.63, 3.8) is 0 Å². The van der Waals surface area contributed by atoms with Gasteiger partial charge in [-0.1, -0.05) is 55.9 Å². The average Bonchev–Trinajstić information content (AvgIpc) is 2.87. The second-order valence-electron chi connectivity index (χ2n) is 5.11. The Labute approximate surface area is 127 Å². The van der Waals surface area contributed by atoms with Gasteiger partial charge in [-0.15, -0.1) is 0 Å². The second-order valence-corrected chi connectivity index (χ2v) is 6.68. The lowest BCUT2D eigenvalue weighted by molar-refractivity contribution is 0.782. The summed E-state index contributed by atoms with van der Waals surface area (Å²) in [7, 11) is 0. The lowest BCUT2D eigenvalue weighted by Crippen LogP contribution is -2.13. The van der Waals surface area contributed by atoms with E-state index in [1.807, 2.05) is 22.8 Å². The molecule has 6 heteroatoms. The third-order valence-corrected chi connectivity index (χ3v) is 3.93. The Morgan fingerprint density at radius 2 is 2.05 bits per heavy atom. The van der Waals surface area contributed by atoms with Crippen LogP contribution in [0.3, 0.4) is 0 Å². The van der Waals surface area contributed by atoms with Gasteiger partial charge in [-0.25, -0.2) is 9.97 Å². The van der Waals surface area contributed by atoms with Gasteiger partial charge < -0.3 is 9.55 Å². The van der Waals surface area contributed by atoms with Crippen LogP contribution in [0.4, 0.5) is 0 Å². The number of rotatable bonds is 4. The van der Waals surface area contributed by atoms with E-state index in [9.17, 15) is 0 Å². The molecule has 3 aromatic rings. The van der Waals surface area contributed by atoms with Crippen molar-refractivity contribution in [2.75, 3.05) is 0 Å². The number of aromatic amines is 1. The number of nitrogens with one attached hydrogen (secondary N) is 2. The van der Waals surface area contributed by atoms with Crippen molar-refractivity contribution in [2.24, 2.45) is 0 Å². The van der Waals surface area contributed by atoms with Crippen molar-refractivity contribution in [1.29, 1.82) is 5.41 Å². The van der Waals surface area contributed by atoms with Crippen LogP contribution < -0.4 is 5.49 Å². The molecule has 108 valence electrons. The van der Waals surface area contributed by atoms with E-state index in [2.05, 4.69) is 40.9 Å². The topological polar surface area (TPSA) is 70.3 Å². The maximum Gasteiger partial charge on any atom is 0.173 e. The molecule has 0 aliphatic heterocycles. The van der Waals surface area contributed by atoms with Crippen molar-refractivity contribution in [2.45, 2.75) is 30.8 Å². The van der Waals surface area contributed by atoms with Crippen molar-refractivity contribution >= 4 is 22.9 Å². The summed E-state index contributed by atoms with van der Waals surface area (Å²) in [6.07, 6.45) is 1.68. The summed E-state index contributed by atoms with van der Waals surface area (Å²) >= 11 is 1.66. The molecule has 0 aliphatic rings. The molecule has 0 amide bonds. The highest BCUT2D eigenvalue weighted by Crippen LogP contribution is 2.21. The van der Waals surface area contributed by atoms with Crippen LogP contribution in [-0.2, 0) is 6.54 Å². The maximum atomic E-state index is 7.93. The first-order valence-electron chi connectivity index (χ1n) is 6.84. The first-order valence-corrected chi connectivity index (χ1v) is 7.72. The molecule has 1 aromatic carbocycles. The Kier molecular flexibility index (Phi) is 3.79. The minimum absolute atomic E-state index is 0.234. The molecular formula is C15H17N5S. The van der Waals surface area contributed by atoms with E-state index >= 15 is 0 Å². The fourth-order valence-corrected chi connectivity index (χ4v) is 2.88. The first kappa shape index (κ1) is 13.9. The minimum atomic E-state index is 0.234. The molecule has 21 heavy (non-hydrogen) atoms. The van der Waals surface area contributed by atoms with Crippen LogP contribution in [0.15, 0.2) is 41.8 Å². The standard InChI is InChI=1S/C15H17N5S/c1-10(2)21-15-18-12-13(16)17-9-20(14(12)19-15)8-11-6-4-3-5-7-11/h3-7,9-10,16H,8H2,1-2H3,(H,18,19). The Morgan fingerprint density at radius 3 is 2.76 bits per heavy atom. The van der Waals surface area contributed by atoms with Crippen molar-refractivity contribution in [1.82, 2.24) is 19.5 Å². The van der Waals surface area contributed by atoms with E-state index < -0.39 is 0 Å². The van der Waals surface area contributed by atoms with Crippen LogP contribution >= 0.6 is 11.8 Å². The van der Waals surface area contributed by atoms with E-state index in [1.54, 1.807) is 18.1 Å². The molecule has 0 bridgehead atoms. The van der Waals surface area contributed by atoms with Crippen molar-refractivity contribution < 1.29 is 0 Å². The molecular weight excluding hydrogens is 282 g/mol. The highest BCUT2D eigenvalue weighted by Gasteiger charge is 2.10. The molecule has 0 fully saturated rings. The van der Waals surface area contributed by atoms with Crippen molar-refractivity contribution in [3.05, 3.63) is 47.7 Å². The molecule has 2 aromatic heterocycles. The second kappa shape index (κ2) is 5.73. The fraction of sp³-hybridized carbons (Fsp3) is 0.267. The number of fused-ring (bicyclic) bond motifs is 1. The molecule has 0 aliphatic carbocycles. The van der Waals surface area contributed by atoms with Gasteiger partial charge >= 0.3 is 0 Å². The molecule has 0 atom stereocenters. The number of nitrogens with zero attached hydrogens (tertiary/aromatic N) is 3. The predicted octanol–water partition coefficient (Wildman–Crippen LogP) is 2.79. The molecule has 5 nitrogen and oxygen atoms in total. The fourth-order valence-electron chi connectivity index (χ4n) is 2.14. The largest absolute Gasteiger partial charge is 0.328 e. The molecule has 3 rings (SSSR count). The molecule has 0 saturated carbocycles. The zero-order valence-corrected chi connectivity index (χ0v) is 12.8. The summed E-state index contributed by atoms with van der Waals surface area (Å²) in [6.45, 7) is 4.94. The van der Waals surface area contributed by atoms with Crippen LogP contribution in [-0.4, -0.2) is 24.8 Å². The van der Waals surface area contributed by atoms with Gasteiger partial charge in [-0.2, -0.15) is 0 Å². The molecule has 0 radical (unpaired) electrons. The first-order chi connectivity index (χ1) is 10.1. The molecule has 0 unspecified atom stereocenters. The molecule has 2 heterocycles. The number of hydrogen-bond acceptors (Lipinski definition) is 4. The van der Waals surface area contributed by atoms with Crippen LogP contribution in [0.2, 0.25) is 0 Å². The summed E-state index contributed by atoms with van der Waals surface area (Å²) in [4.78, 5) is 12.0. The minimum Gasteiger partial charge on any atom is -0.328 e. The number of benzene rings is 1. The summed E-state index contributed by atoms with van der Waals surface area (Å²) in [6, 6.07) is 10.2. The number of aromatic nitrogens is 4. The van der Waals surface area contributed by atoms with Gasteiger partial charge in [0.05, 0.1) is 12.9 Å². The van der Waals surface area contributed by atoms with E-state index in [0.717, 1.165) is 10.8 Å². The van der Waals surface area contributed by atoms with Gasteiger partial charge in [0, 0.05) is 5.25 Å². The normalized spacial score (nSPS) is 11.4. The SMILES string of the molecule is CC(C)Sc1nc2c([nH]1)c(=N)ncn2Cc1ccccc1. The highest BCUT2D eigenvalue weighted by atomic mass is 32.2. The quantitative estimate of drug-likeness (QED) is 0.728. The zero-order valence-electron chi connectivity index (χ0n) is 12.0. The monoisotopic (exact) mass is 299 g/mol. The Bertz CT molecular complexity index is 804. The Hall–Kier alpha value is -2.08. The van der Waals surface area contributed by atoms with Crippen LogP contribution in [0.25, 0.3) is 11.2 Å². The van der Waals surface area contributed by atoms with Gasteiger partial charge in [0.1, 0.15) is 5.52 Å². The summed E-state index contributed by atoms with van der Waals surface area (Å²) < 4.78 is 1.98. The molecule has 2 N–H and O–H groups in total. The lowest BCUT2D eigenvalue weighted by Gasteiger charge is -2.06. The van der Waals surface area contributed by atoms with E-state index in [1.165, 1.54) is 5.56 Å². The van der Waals surface area contributed by atoms with Crippen LogP contribution in [0.1, 0.15) is 19.4 Å². The van der Waals surface area contributed by atoms with Gasteiger partial charge in [0.2, 0.25) is 0 Å². The van der Waals surface area contributed by atoms with Gasteiger partial charge in [0.25, 0.3) is 0 Å². The Balaban J connectivity index is 2.04. The van der Waals surface area contributed by atoms with Gasteiger partial charge in [-0.05, 0) is 5.56 Å². The van der Waals surface area contributed by atoms with Gasteiger partial charge in [0.15, 0.2) is 16.3 Å². The van der Waals surface area contributed by atoms with E-state index in [4.69, 9.17) is 5.41 Å². The number of H-pyrrole nitrogens is 1. The number of imidazole rings is 1.